The van der Waals surface area contributed by atoms with E-state index in [2.05, 4.69) is 39.4 Å². The van der Waals surface area contributed by atoms with E-state index in [4.69, 9.17) is 9.40 Å². The Balaban J connectivity index is 1.46. The molecule has 128 valence electrons. The molecule has 3 aromatic carbocycles. The molecule has 3 aromatic heterocycles. The number of thiazole rings is 1. The van der Waals surface area contributed by atoms with Gasteiger partial charge in [-0.25, -0.2) is 9.97 Å². The lowest BCUT2D eigenvalue weighted by molar-refractivity contribution is 0.620. The zero-order valence-electron chi connectivity index (χ0n) is 14.0. The number of fused-ring (bicyclic) bond motifs is 3. The maximum Gasteiger partial charge on any atom is 0.227 e. The first-order valence-electron chi connectivity index (χ1n) is 8.53. The summed E-state index contributed by atoms with van der Waals surface area (Å²) in [5.74, 6) is 0.631. The van der Waals surface area contributed by atoms with E-state index in [9.17, 15) is 0 Å². The second-order valence-corrected chi connectivity index (χ2v) is 7.39. The van der Waals surface area contributed by atoms with E-state index in [-0.39, 0.29) is 0 Å². The summed E-state index contributed by atoms with van der Waals surface area (Å²) in [5.41, 5.74) is 5.68. The van der Waals surface area contributed by atoms with Crippen LogP contribution < -0.4 is 0 Å². The van der Waals surface area contributed by atoms with Gasteiger partial charge in [0.15, 0.2) is 5.58 Å². The van der Waals surface area contributed by atoms with E-state index in [1.807, 2.05) is 42.6 Å². The van der Waals surface area contributed by atoms with Crippen molar-refractivity contribution in [2.75, 3.05) is 0 Å². The maximum atomic E-state index is 5.90. The Kier molecular flexibility index (Phi) is 2.98. The van der Waals surface area contributed by atoms with Gasteiger partial charge in [-0.1, -0.05) is 24.3 Å². The molecule has 0 radical (unpaired) electrons. The first-order chi connectivity index (χ1) is 13.3. The first kappa shape index (κ1) is 14.6. The minimum atomic E-state index is 0.631. The Morgan fingerprint density at radius 1 is 0.852 bits per heavy atom. The zero-order chi connectivity index (χ0) is 17.8. The van der Waals surface area contributed by atoms with Gasteiger partial charge < -0.3 is 4.42 Å². The van der Waals surface area contributed by atoms with Gasteiger partial charge in [-0.3, -0.25) is 5.10 Å². The van der Waals surface area contributed by atoms with Gasteiger partial charge in [0.1, 0.15) is 10.5 Å². The highest BCUT2D eigenvalue weighted by atomic mass is 32.1. The molecule has 0 bridgehead atoms. The predicted molar refractivity (Wildman–Crippen MR) is 108 cm³/mol. The van der Waals surface area contributed by atoms with Crippen LogP contribution in [0, 0.1) is 0 Å². The largest absolute Gasteiger partial charge is 0.436 e. The standard InChI is InChI=1S/C21H12N4OS/c1-2-4-18-15(3-1)23-20(26-18)12-7-8-16-19(10-12)27-21(24-16)13-5-6-14-11-22-25-17(14)9-13/h1-11H,(H,22,25). The summed E-state index contributed by atoms with van der Waals surface area (Å²) in [5, 5.41) is 9.17. The Bertz CT molecular complexity index is 1410. The van der Waals surface area contributed by atoms with Crippen LogP contribution in [0.25, 0.3) is 54.2 Å². The first-order valence-corrected chi connectivity index (χ1v) is 9.35. The van der Waals surface area contributed by atoms with Crippen molar-refractivity contribution >= 4 is 43.6 Å². The minimum Gasteiger partial charge on any atom is -0.436 e. The molecule has 0 atom stereocenters. The Morgan fingerprint density at radius 3 is 2.74 bits per heavy atom. The molecule has 0 aliphatic heterocycles. The van der Waals surface area contributed by atoms with Gasteiger partial charge in [-0.05, 0) is 36.4 Å². The van der Waals surface area contributed by atoms with Crippen LogP contribution in [0.4, 0.5) is 0 Å². The van der Waals surface area contributed by atoms with Crippen molar-refractivity contribution < 1.29 is 4.42 Å². The van der Waals surface area contributed by atoms with E-state index in [1.54, 1.807) is 11.3 Å². The molecular formula is C21H12N4OS. The summed E-state index contributed by atoms with van der Waals surface area (Å²) >= 11 is 1.66. The second-order valence-electron chi connectivity index (χ2n) is 6.36. The molecule has 0 aliphatic rings. The number of oxazole rings is 1. The van der Waals surface area contributed by atoms with Crippen molar-refractivity contribution in [3.63, 3.8) is 0 Å². The van der Waals surface area contributed by atoms with Crippen molar-refractivity contribution in [3.8, 4) is 22.0 Å². The number of nitrogens with zero attached hydrogens (tertiary/aromatic N) is 3. The van der Waals surface area contributed by atoms with E-state index in [0.29, 0.717) is 5.89 Å². The van der Waals surface area contributed by atoms with Crippen LogP contribution in [0.2, 0.25) is 0 Å². The van der Waals surface area contributed by atoms with Crippen LogP contribution >= 0.6 is 11.3 Å². The van der Waals surface area contributed by atoms with Crippen LogP contribution in [0.15, 0.2) is 71.3 Å². The van der Waals surface area contributed by atoms with Crippen LogP contribution in [0.5, 0.6) is 0 Å². The van der Waals surface area contributed by atoms with Gasteiger partial charge in [0.25, 0.3) is 0 Å². The Labute approximate surface area is 157 Å². The number of rotatable bonds is 2. The van der Waals surface area contributed by atoms with Crippen LogP contribution in [-0.2, 0) is 0 Å². The molecule has 27 heavy (non-hydrogen) atoms. The molecule has 0 amide bonds. The van der Waals surface area contributed by atoms with Crippen LogP contribution in [-0.4, -0.2) is 20.2 Å². The van der Waals surface area contributed by atoms with Gasteiger partial charge in [0.2, 0.25) is 5.89 Å². The third kappa shape index (κ3) is 2.34. The normalized spacial score (nSPS) is 11.7. The fourth-order valence-corrected chi connectivity index (χ4v) is 4.25. The average Bonchev–Trinajstić information content (AvgIpc) is 3.42. The number of hydrogen-bond acceptors (Lipinski definition) is 5. The highest BCUT2D eigenvalue weighted by Crippen LogP contribution is 2.34. The van der Waals surface area contributed by atoms with Crippen molar-refractivity contribution in [2.45, 2.75) is 0 Å². The van der Waals surface area contributed by atoms with Crippen LogP contribution in [0.1, 0.15) is 0 Å². The Hall–Kier alpha value is -3.51. The maximum absolute atomic E-state index is 5.90. The second kappa shape index (κ2) is 5.49. The number of hydrogen-bond donors (Lipinski definition) is 1. The quantitative estimate of drug-likeness (QED) is 0.429. The topological polar surface area (TPSA) is 67.6 Å². The third-order valence-corrected chi connectivity index (χ3v) is 5.69. The van der Waals surface area contributed by atoms with Crippen molar-refractivity contribution in [1.82, 2.24) is 20.2 Å². The van der Waals surface area contributed by atoms with Crippen molar-refractivity contribution in [3.05, 3.63) is 66.9 Å². The molecule has 0 saturated carbocycles. The molecular weight excluding hydrogens is 356 g/mol. The number of benzene rings is 3. The summed E-state index contributed by atoms with van der Waals surface area (Å²) < 4.78 is 7.00. The Morgan fingerprint density at radius 2 is 1.78 bits per heavy atom. The number of aromatic amines is 1. The molecule has 1 N–H and O–H groups in total. The smallest absolute Gasteiger partial charge is 0.227 e. The number of para-hydroxylation sites is 2. The molecule has 0 fully saturated rings. The van der Waals surface area contributed by atoms with Crippen LogP contribution in [0.3, 0.4) is 0 Å². The van der Waals surface area contributed by atoms with E-state index in [1.165, 1.54) is 0 Å². The molecule has 6 rings (SSSR count). The van der Waals surface area contributed by atoms with Gasteiger partial charge in [0.05, 0.1) is 21.9 Å². The lowest BCUT2D eigenvalue weighted by atomic mass is 10.2. The van der Waals surface area contributed by atoms with Crippen molar-refractivity contribution in [1.29, 1.82) is 0 Å². The van der Waals surface area contributed by atoms with E-state index in [0.717, 1.165) is 48.4 Å². The molecule has 0 spiro atoms. The molecule has 0 unspecified atom stereocenters. The highest BCUT2D eigenvalue weighted by molar-refractivity contribution is 7.21. The monoisotopic (exact) mass is 368 g/mol. The molecule has 6 heteroatoms. The molecule has 6 aromatic rings. The number of H-pyrrole nitrogens is 1. The van der Waals surface area contributed by atoms with E-state index >= 15 is 0 Å². The van der Waals surface area contributed by atoms with E-state index < -0.39 is 0 Å². The number of nitrogens with one attached hydrogen (secondary N) is 1. The number of aromatic nitrogens is 4. The molecule has 0 saturated heterocycles. The highest BCUT2D eigenvalue weighted by Gasteiger charge is 2.12. The summed E-state index contributed by atoms with van der Waals surface area (Å²) in [6, 6.07) is 20.1. The minimum absolute atomic E-state index is 0.631. The third-order valence-electron chi connectivity index (χ3n) is 4.62. The lowest BCUT2D eigenvalue weighted by Crippen LogP contribution is -1.78. The summed E-state index contributed by atoms with van der Waals surface area (Å²) in [6.07, 6.45) is 1.82. The lowest BCUT2D eigenvalue weighted by Gasteiger charge is -1.95. The average molecular weight is 368 g/mol. The SMILES string of the molecule is c1ccc2oc(-c3ccc4nc(-c5ccc6cn[nH]c6c5)sc4c3)nc2c1. The predicted octanol–water partition coefficient (Wildman–Crippen LogP) is 5.65. The summed E-state index contributed by atoms with van der Waals surface area (Å²) in [7, 11) is 0. The summed E-state index contributed by atoms with van der Waals surface area (Å²) in [4.78, 5) is 9.37. The van der Waals surface area contributed by atoms with Crippen molar-refractivity contribution in [2.24, 2.45) is 0 Å². The molecule has 5 nitrogen and oxygen atoms in total. The molecule has 0 aliphatic carbocycles. The summed E-state index contributed by atoms with van der Waals surface area (Å²) in [6.45, 7) is 0. The van der Waals surface area contributed by atoms with Gasteiger partial charge in [0, 0.05) is 16.5 Å². The fourth-order valence-electron chi connectivity index (χ4n) is 3.25. The zero-order valence-corrected chi connectivity index (χ0v) is 14.8. The van der Waals surface area contributed by atoms with Gasteiger partial charge in [-0.15, -0.1) is 11.3 Å². The fraction of sp³-hybridized carbons (Fsp3) is 0. The van der Waals surface area contributed by atoms with Gasteiger partial charge in [-0.2, -0.15) is 5.10 Å². The molecule has 3 heterocycles. The van der Waals surface area contributed by atoms with Gasteiger partial charge >= 0.3 is 0 Å².